The lowest BCUT2D eigenvalue weighted by molar-refractivity contribution is 0.309. The number of hydrogen-bond donors (Lipinski definition) is 1. The van der Waals surface area contributed by atoms with Crippen LogP contribution in [0.2, 0.25) is 0 Å². The lowest BCUT2D eigenvalue weighted by Gasteiger charge is -2.22. The van der Waals surface area contributed by atoms with Crippen LogP contribution in [-0.2, 0) is 6.54 Å². The highest BCUT2D eigenvalue weighted by Crippen LogP contribution is 2.38. The van der Waals surface area contributed by atoms with Gasteiger partial charge in [0.15, 0.2) is 5.75 Å². The second-order valence-corrected chi connectivity index (χ2v) is 5.53. The Kier molecular flexibility index (Phi) is 2.90. The van der Waals surface area contributed by atoms with Crippen molar-refractivity contribution in [3.8, 4) is 5.75 Å². The van der Waals surface area contributed by atoms with Gasteiger partial charge in [-0.3, -0.25) is 9.69 Å². The molecule has 0 spiro atoms. The zero-order valence-corrected chi connectivity index (χ0v) is 10.9. The van der Waals surface area contributed by atoms with E-state index in [2.05, 4.69) is 9.47 Å². The second kappa shape index (κ2) is 4.43. The summed E-state index contributed by atoms with van der Waals surface area (Å²) in [6.45, 7) is 4.82. The van der Waals surface area contributed by atoms with Gasteiger partial charge >= 0.3 is 0 Å². The molecule has 1 aromatic heterocycles. The molecule has 1 N–H and O–H groups in total. The van der Waals surface area contributed by atoms with Gasteiger partial charge in [-0.2, -0.15) is 0 Å². The number of pyridine rings is 1. The quantitative estimate of drug-likeness (QED) is 0.887. The van der Waals surface area contributed by atoms with Crippen molar-refractivity contribution in [3.63, 3.8) is 0 Å². The summed E-state index contributed by atoms with van der Waals surface area (Å²) >= 11 is 0. The van der Waals surface area contributed by atoms with E-state index in [1.54, 1.807) is 6.07 Å². The highest BCUT2D eigenvalue weighted by atomic mass is 16.3. The molecule has 0 aromatic carbocycles. The van der Waals surface area contributed by atoms with Crippen molar-refractivity contribution in [2.75, 3.05) is 13.1 Å². The Bertz CT molecular complexity index is 511. The molecule has 0 amide bonds. The standard InChI is InChI=1S/C14H20N2O2/c1-10-8-13(17)14(18)12(16(10)11-4-5-11)9-15-6-2-3-7-15/h8,11,18H,2-7,9H2,1H3. The summed E-state index contributed by atoms with van der Waals surface area (Å²) in [7, 11) is 0. The number of hydrogen-bond acceptors (Lipinski definition) is 3. The summed E-state index contributed by atoms with van der Waals surface area (Å²) in [5, 5.41) is 10.1. The van der Waals surface area contributed by atoms with Crippen LogP contribution in [0.15, 0.2) is 10.9 Å². The van der Waals surface area contributed by atoms with Crippen molar-refractivity contribution in [3.05, 3.63) is 27.7 Å². The average molecular weight is 248 g/mol. The molecule has 1 saturated heterocycles. The van der Waals surface area contributed by atoms with Gasteiger partial charge in [-0.25, -0.2) is 0 Å². The fraction of sp³-hybridized carbons (Fsp3) is 0.643. The van der Waals surface area contributed by atoms with E-state index >= 15 is 0 Å². The van der Waals surface area contributed by atoms with Crippen molar-refractivity contribution < 1.29 is 5.11 Å². The molecule has 1 aliphatic heterocycles. The van der Waals surface area contributed by atoms with Crippen LogP contribution in [0.25, 0.3) is 0 Å². The van der Waals surface area contributed by atoms with Gasteiger partial charge < -0.3 is 9.67 Å². The van der Waals surface area contributed by atoms with Gasteiger partial charge in [0.25, 0.3) is 0 Å². The Morgan fingerprint density at radius 3 is 2.61 bits per heavy atom. The topological polar surface area (TPSA) is 45.5 Å². The lowest BCUT2D eigenvalue weighted by Crippen LogP contribution is -2.24. The third-order valence-corrected chi connectivity index (χ3v) is 4.00. The first-order chi connectivity index (χ1) is 8.66. The van der Waals surface area contributed by atoms with Gasteiger partial charge in [0.2, 0.25) is 5.43 Å². The highest BCUT2D eigenvalue weighted by molar-refractivity contribution is 5.31. The molecule has 98 valence electrons. The Labute approximate surface area is 107 Å². The first kappa shape index (κ1) is 11.8. The number of likely N-dealkylation sites (tertiary alicyclic amines) is 1. The molecule has 2 heterocycles. The summed E-state index contributed by atoms with van der Waals surface area (Å²) in [4.78, 5) is 14.1. The molecule has 1 saturated carbocycles. The fourth-order valence-electron chi connectivity index (χ4n) is 2.94. The van der Waals surface area contributed by atoms with Gasteiger partial charge in [-0.1, -0.05) is 0 Å². The van der Waals surface area contributed by atoms with Gasteiger partial charge in [0.05, 0.1) is 5.69 Å². The van der Waals surface area contributed by atoms with Crippen LogP contribution in [0.5, 0.6) is 5.75 Å². The molecule has 3 rings (SSSR count). The van der Waals surface area contributed by atoms with E-state index in [-0.39, 0.29) is 11.2 Å². The van der Waals surface area contributed by atoms with E-state index in [9.17, 15) is 9.90 Å². The van der Waals surface area contributed by atoms with Crippen LogP contribution in [0.1, 0.15) is 43.1 Å². The molecule has 2 fully saturated rings. The third kappa shape index (κ3) is 2.05. The SMILES string of the molecule is Cc1cc(=O)c(O)c(CN2CCCC2)n1C1CC1. The van der Waals surface area contributed by atoms with Crippen LogP contribution < -0.4 is 5.43 Å². The molecular formula is C14H20N2O2. The van der Waals surface area contributed by atoms with Crippen molar-refractivity contribution in [1.82, 2.24) is 9.47 Å². The van der Waals surface area contributed by atoms with Gasteiger partial charge in [-0.15, -0.1) is 0 Å². The molecule has 0 atom stereocenters. The Hall–Kier alpha value is -1.29. The minimum Gasteiger partial charge on any atom is -0.503 e. The summed E-state index contributed by atoms with van der Waals surface area (Å²) in [6, 6.07) is 2.05. The fourth-order valence-corrected chi connectivity index (χ4v) is 2.94. The number of nitrogens with zero attached hydrogens (tertiary/aromatic N) is 2. The maximum absolute atomic E-state index is 11.7. The molecule has 4 heteroatoms. The van der Waals surface area contributed by atoms with Crippen LogP contribution in [0, 0.1) is 6.92 Å². The predicted molar refractivity (Wildman–Crippen MR) is 69.9 cm³/mol. The van der Waals surface area contributed by atoms with Crippen molar-refractivity contribution >= 4 is 0 Å². The smallest absolute Gasteiger partial charge is 0.223 e. The molecule has 0 bridgehead atoms. The number of aromatic hydroxyl groups is 1. The minimum absolute atomic E-state index is 0.0422. The minimum atomic E-state index is -0.237. The number of rotatable bonds is 3. The normalized spacial score (nSPS) is 20.5. The molecule has 0 radical (unpaired) electrons. The first-order valence-corrected chi connectivity index (χ1v) is 6.83. The molecule has 4 nitrogen and oxygen atoms in total. The number of aryl methyl sites for hydroxylation is 1. The molecule has 1 aliphatic carbocycles. The zero-order valence-electron chi connectivity index (χ0n) is 10.9. The Morgan fingerprint density at radius 2 is 2.00 bits per heavy atom. The van der Waals surface area contributed by atoms with Crippen molar-refractivity contribution in [2.24, 2.45) is 0 Å². The summed E-state index contributed by atoms with van der Waals surface area (Å²) in [5.74, 6) is -0.0422. The molecule has 18 heavy (non-hydrogen) atoms. The predicted octanol–water partition coefficient (Wildman–Crippen LogP) is 1.79. The van der Waals surface area contributed by atoms with Gasteiger partial charge in [0, 0.05) is 24.3 Å². The highest BCUT2D eigenvalue weighted by Gasteiger charge is 2.29. The molecule has 2 aliphatic rings. The molecular weight excluding hydrogens is 228 g/mol. The van der Waals surface area contributed by atoms with E-state index in [0.717, 1.165) is 37.3 Å². The van der Waals surface area contributed by atoms with Crippen molar-refractivity contribution in [1.29, 1.82) is 0 Å². The Balaban J connectivity index is 2.00. The Morgan fingerprint density at radius 1 is 1.33 bits per heavy atom. The van der Waals surface area contributed by atoms with E-state index in [0.29, 0.717) is 12.6 Å². The van der Waals surface area contributed by atoms with E-state index in [1.165, 1.54) is 12.8 Å². The first-order valence-electron chi connectivity index (χ1n) is 6.83. The van der Waals surface area contributed by atoms with Crippen LogP contribution >= 0.6 is 0 Å². The maximum Gasteiger partial charge on any atom is 0.223 e. The number of aromatic nitrogens is 1. The summed E-state index contributed by atoms with van der Waals surface area (Å²) < 4.78 is 2.18. The summed E-state index contributed by atoms with van der Waals surface area (Å²) in [5.41, 5.74) is 1.57. The van der Waals surface area contributed by atoms with Crippen LogP contribution in [-0.4, -0.2) is 27.7 Å². The maximum atomic E-state index is 11.7. The largest absolute Gasteiger partial charge is 0.503 e. The monoisotopic (exact) mass is 248 g/mol. The zero-order chi connectivity index (χ0) is 12.7. The average Bonchev–Trinajstić information content (AvgIpc) is 3.02. The van der Waals surface area contributed by atoms with Crippen LogP contribution in [0.4, 0.5) is 0 Å². The van der Waals surface area contributed by atoms with Crippen LogP contribution in [0.3, 0.4) is 0 Å². The summed E-state index contributed by atoms with van der Waals surface area (Å²) in [6.07, 6.45) is 4.77. The van der Waals surface area contributed by atoms with E-state index < -0.39 is 0 Å². The lowest BCUT2D eigenvalue weighted by atomic mass is 10.2. The molecule has 1 aromatic rings. The van der Waals surface area contributed by atoms with E-state index in [4.69, 9.17) is 0 Å². The molecule has 0 unspecified atom stereocenters. The van der Waals surface area contributed by atoms with Gasteiger partial charge in [-0.05, 0) is 45.7 Å². The van der Waals surface area contributed by atoms with E-state index in [1.807, 2.05) is 6.92 Å². The van der Waals surface area contributed by atoms with Crippen molar-refractivity contribution in [2.45, 2.75) is 45.2 Å². The van der Waals surface area contributed by atoms with Gasteiger partial charge in [0.1, 0.15) is 0 Å². The third-order valence-electron chi connectivity index (χ3n) is 4.00. The second-order valence-electron chi connectivity index (χ2n) is 5.53.